The molecule has 4 heteroatoms. The van der Waals surface area contributed by atoms with Gasteiger partial charge in [0.2, 0.25) is 0 Å². The van der Waals surface area contributed by atoms with Crippen LogP contribution >= 0.6 is 15.9 Å². The lowest BCUT2D eigenvalue weighted by molar-refractivity contribution is 0.111. The maximum absolute atomic E-state index is 10.9. The van der Waals surface area contributed by atoms with Crippen LogP contribution < -0.4 is 0 Å². The van der Waals surface area contributed by atoms with Gasteiger partial charge in [-0.1, -0.05) is 28.1 Å². The maximum atomic E-state index is 10.9. The third-order valence-electron chi connectivity index (χ3n) is 2.25. The Balaban J connectivity index is 2.53. The second-order valence-electron chi connectivity index (χ2n) is 3.19. The van der Waals surface area contributed by atoms with Gasteiger partial charge in [0.1, 0.15) is 5.69 Å². The number of carbonyl (C=O) groups is 1. The highest BCUT2D eigenvalue weighted by molar-refractivity contribution is 9.10. The highest BCUT2D eigenvalue weighted by Crippen LogP contribution is 2.23. The van der Waals surface area contributed by atoms with E-state index in [1.165, 1.54) is 0 Å². The van der Waals surface area contributed by atoms with Gasteiger partial charge in [0, 0.05) is 17.1 Å². The number of nitrogens with zero attached hydrogens (tertiary/aromatic N) is 2. The minimum absolute atomic E-state index is 0.595. The second kappa shape index (κ2) is 3.98. The molecule has 76 valence electrons. The smallest absolute Gasteiger partial charge is 0.168 e. The molecule has 0 aliphatic heterocycles. The largest absolute Gasteiger partial charge is 0.296 e. The van der Waals surface area contributed by atoms with E-state index in [1.807, 2.05) is 24.3 Å². The SMILES string of the molecule is Cn1ncc(-c2ccc(Br)cc2)c1C=O. The lowest BCUT2D eigenvalue weighted by Crippen LogP contribution is -1.96. The van der Waals surface area contributed by atoms with Crippen molar-refractivity contribution in [1.29, 1.82) is 0 Å². The Bertz CT molecular complexity index is 488. The number of carbonyl (C=O) groups excluding carboxylic acids is 1. The molecule has 1 heterocycles. The molecule has 0 aliphatic rings. The van der Waals surface area contributed by atoms with Crippen LogP contribution in [0.5, 0.6) is 0 Å². The summed E-state index contributed by atoms with van der Waals surface area (Å²) in [5, 5.41) is 4.06. The highest BCUT2D eigenvalue weighted by atomic mass is 79.9. The minimum atomic E-state index is 0.595. The third kappa shape index (κ3) is 1.85. The minimum Gasteiger partial charge on any atom is -0.296 e. The van der Waals surface area contributed by atoms with E-state index in [4.69, 9.17) is 0 Å². The van der Waals surface area contributed by atoms with Crippen LogP contribution in [-0.4, -0.2) is 16.1 Å². The van der Waals surface area contributed by atoms with Crippen LogP contribution in [0.4, 0.5) is 0 Å². The lowest BCUT2D eigenvalue weighted by Gasteiger charge is -1.99. The summed E-state index contributed by atoms with van der Waals surface area (Å²) in [6.45, 7) is 0. The summed E-state index contributed by atoms with van der Waals surface area (Å²) < 4.78 is 2.59. The Hall–Kier alpha value is -1.42. The zero-order valence-corrected chi connectivity index (χ0v) is 9.73. The second-order valence-corrected chi connectivity index (χ2v) is 4.11. The van der Waals surface area contributed by atoms with Crippen LogP contribution in [0.1, 0.15) is 10.5 Å². The van der Waals surface area contributed by atoms with E-state index < -0.39 is 0 Å². The van der Waals surface area contributed by atoms with Crippen molar-refractivity contribution in [2.45, 2.75) is 0 Å². The van der Waals surface area contributed by atoms with Crippen molar-refractivity contribution in [3.8, 4) is 11.1 Å². The Morgan fingerprint density at radius 3 is 2.60 bits per heavy atom. The summed E-state index contributed by atoms with van der Waals surface area (Å²) in [7, 11) is 1.76. The van der Waals surface area contributed by atoms with Crippen LogP contribution in [0.25, 0.3) is 11.1 Å². The van der Waals surface area contributed by atoms with E-state index in [-0.39, 0.29) is 0 Å². The van der Waals surface area contributed by atoms with Gasteiger partial charge in [0.25, 0.3) is 0 Å². The van der Waals surface area contributed by atoms with Crippen LogP contribution in [0.3, 0.4) is 0 Å². The molecule has 0 unspecified atom stereocenters. The first kappa shape index (κ1) is 10.1. The lowest BCUT2D eigenvalue weighted by atomic mass is 10.1. The quantitative estimate of drug-likeness (QED) is 0.782. The van der Waals surface area contributed by atoms with Gasteiger partial charge in [-0.25, -0.2) is 0 Å². The van der Waals surface area contributed by atoms with Crippen molar-refractivity contribution in [3.05, 3.63) is 40.6 Å². The summed E-state index contributed by atoms with van der Waals surface area (Å²) in [6.07, 6.45) is 2.53. The molecule has 0 spiro atoms. The molecular weight excluding hydrogens is 256 g/mol. The molecule has 0 radical (unpaired) electrons. The van der Waals surface area contributed by atoms with Gasteiger partial charge in [0.05, 0.1) is 6.20 Å². The first-order valence-corrected chi connectivity index (χ1v) is 5.25. The van der Waals surface area contributed by atoms with Crippen LogP contribution in [0, 0.1) is 0 Å². The Morgan fingerprint density at radius 1 is 1.33 bits per heavy atom. The van der Waals surface area contributed by atoms with Crippen molar-refractivity contribution in [2.24, 2.45) is 7.05 Å². The van der Waals surface area contributed by atoms with Crippen molar-refractivity contribution in [2.75, 3.05) is 0 Å². The number of aryl methyl sites for hydroxylation is 1. The van der Waals surface area contributed by atoms with Gasteiger partial charge in [0.15, 0.2) is 6.29 Å². The van der Waals surface area contributed by atoms with Crippen molar-refractivity contribution in [1.82, 2.24) is 9.78 Å². The standard InChI is InChI=1S/C11H9BrN2O/c1-14-11(7-15)10(6-13-14)8-2-4-9(12)5-3-8/h2-7H,1H3. The van der Waals surface area contributed by atoms with E-state index in [1.54, 1.807) is 17.9 Å². The van der Waals surface area contributed by atoms with E-state index in [0.29, 0.717) is 5.69 Å². The third-order valence-corrected chi connectivity index (χ3v) is 2.78. The summed E-state index contributed by atoms with van der Waals surface area (Å²) in [6, 6.07) is 7.79. The van der Waals surface area contributed by atoms with Crippen LogP contribution in [0.2, 0.25) is 0 Å². The topological polar surface area (TPSA) is 34.9 Å². The Labute approximate surface area is 95.9 Å². The maximum Gasteiger partial charge on any atom is 0.168 e. The summed E-state index contributed by atoms with van der Waals surface area (Å²) in [5.74, 6) is 0. The molecule has 0 aliphatic carbocycles. The molecule has 0 atom stereocenters. The van der Waals surface area contributed by atoms with Gasteiger partial charge < -0.3 is 0 Å². The van der Waals surface area contributed by atoms with E-state index in [9.17, 15) is 4.79 Å². The molecule has 1 aromatic carbocycles. The van der Waals surface area contributed by atoms with Gasteiger partial charge in [-0.2, -0.15) is 5.10 Å². The number of halogens is 1. The summed E-state index contributed by atoms with van der Waals surface area (Å²) in [5.41, 5.74) is 2.45. The number of aldehydes is 1. The predicted molar refractivity (Wildman–Crippen MR) is 61.7 cm³/mol. The molecule has 1 aromatic heterocycles. The zero-order chi connectivity index (χ0) is 10.8. The molecule has 3 nitrogen and oxygen atoms in total. The number of aromatic nitrogens is 2. The molecule has 0 amide bonds. The normalized spacial score (nSPS) is 10.3. The monoisotopic (exact) mass is 264 g/mol. The molecule has 2 rings (SSSR count). The first-order valence-electron chi connectivity index (χ1n) is 4.45. The molecule has 0 N–H and O–H groups in total. The fraction of sp³-hybridized carbons (Fsp3) is 0.0909. The van der Waals surface area contributed by atoms with Gasteiger partial charge in [-0.3, -0.25) is 9.48 Å². The summed E-state index contributed by atoms with van der Waals surface area (Å²) in [4.78, 5) is 10.9. The van der Waals surface area contributed by atoms with Crippen molar-refractivity contribution >= 4 is 22.2 Å². The highest BCUT2D eigenvalue weighted by Gasteiger charge is 2.08. The first-order chi connectivity index (χ1) is 7.22. The number of benzene rings is 1. The Kier molecular flexibility index (Phi) is 2.68. The Morgan fingerprint density at radius 2 is 2.00 bits per heavy atom. The van der Waals surface area contributed by atoms with Crippen LogP contribution in [-0.2, 0) is 7.05 Å². The number of hydrogen-bond acceptors (Lipinski definition) is 2. The van der Waals surface area contributed by atoms with Crippen LogP contribution in [0.15, 0.2) is 34.9 Å². The molecular formula is C11H9BrN2O. The van der Waals surface area contributed by atoms with Crippen molar-refractivity contribution in [3.63, 3.8) is 0 Å². The van der Waals surface area contributed by atoms with E-state index in [0.717, 1.165) is 21.9 Å². The van der Waals surface area contributed by atoms with Crippen molar-refractivity contribution < 1.29 is 4.79 Å². The van der Waals surface area contributed by atoms with Gasteiger partial charge >= 0.3 is 0 Å². The molecule has 0 saturated heterocycles. The molecule has 0 fully saturated rings. The predicted octanol–water partition coefficient (Wildman–Crippen LogP) is 2.66. The number of hydrogen-bond donors (Lipinski definition) is 0. The van der Waals surface area contributed by atoms with Gasteiger partial charge in [-0.15, -0.1) is 0 Å². The van der Waals surface area contributed by atoms with Gasteiger partial charge in [-0.05, 0) is 17.7 Å². The molecule has 0 saturated carbocycles. The fourth-order valence-corrected chi connectivity index (χ4v) is 1.70. The summed E-state index contributed by atoms with van der Waals surface area (Å²) >= 11 is 3.37. The van der Waals surface area contributed by atoms with E-state index in [2.05, 4.69) is 21.0 Å². The molecule has 15 heavy (non-hydrogen) atoms. The van der Waals surface area contributed by atoms with E-state index >= 15 is 0 Å². The average Bonchev–Trinajstić information content (AvgIpc) is 2.61. The fourth-order valence-electron chi connectivity index (χ4n) is 1.44. The average molecular weight is 265 g/mol. The number of rotatable bonds is 2. The molecule has 2 aromatic rings. The zero-order valence-electron chi connectivity index (χ0n) is 8.14. The molecule has 0 bridgehead atoms.